The number of hydrogen-bond acceptors (Lipinski definition) is 4. The van der Waals surface area contributed by atoms with Crippen LogP contribution in [0.15, 0.2) is 78.0 Å². The van der Waals surface area contributed by atoms with E-state index in [9.17, 15) is 13.6 Å². The molecule has 1 N–H and O–H groups in total. The molecule has 0 saturated carbocycles. The predicted octanol–water partition coefficient (Wildman–Crippen LogP) is 5.00. The summed E-state index contributed by atoms with van der Waals surface area (Å²) in [5, 5.41) is 2.80. The molecule has 0 bridgehead atoms. The largest absolute Gasteiger partial charge is 0.435 e. The number of thioether (sulfide) groups is 1. The Bertz CT molecular complexity index is 909. The minimum atomic E-state index is -2.91. The second-order valence-electron chi connectivity index (χ2n) is 5.88. The van der Waals surface area contributed by atoms with Crippen LogP contribution in [0.3, 0.4) is 0 Å². The second kappa shape index (κ2) is 9.85. The third-order valence-corrected chi connectivity index (χ3v) is 4.83. The van der Waals surface area contributed by atoms with Crippen molar-refractivity contribution in [1.82, 2.24) is 4.98 Å². The topological polar surface area (TPSA) is 51.2 Å². The molecule has 2 aromatic carbocycles. The van der Waals surface area contributed by atoms with Crippen LogP contribution in [-0.2, 0) is 11.2 Å². The van der Waals surface area contributed by atoms with E-state index in [1.807, 2.05) is 42.5 Å². The van der Waals surface area contributed by atoms with Crippen molar-refractivity contribution in [1.29, 1.82) is 0 Å². The second-order valence-corrected chi connectivity index (χ2v) is 6.93. The summed E-state index contributed by atoms with van der Waals surface area (Å²) >= 11 is 1.39. The standard InChI is InChI=1S/C21H18F2N2O2S/c22-21(23)27-19-7-6-17(13-16(19)12-15-4-2-1-3-5-15)25-20(26)14-28-18-8-10-24-11-9-18/h1-11,13,21H,12,14H2,(H,25,26). The molecule has 144 valence electrons. The molecule has 0 radical (unpaired) electrons. The van der Waals surface area contributed by atoms with Gasteiger partial charge in [-0.15, -0.1) is 11.8 Å². The van der Waals surface area contributed by atoms with Crippen LogP contribution in [0.4, 0.5) is 14.5 Å². The predicted molar refractivity (Wildman–Crippen MR) is 106 cm³/mol. The van der Waals surface area contributed by atoms with Gasteiger partial charge in [-0.25, -0.2) is 0 Å². The molecule has 0 aliphatic heterocycles. The van der Waals surface area contributed by atoms with Crippen molar-refractivity contribution in [2.45, 2.75) is 17.9 Å². The van der Waals surface area contributed by atoms with Crippen LogP contribution in [0, 0.1) is 0 Å². The fourth-order valence-corrected chi connectivity index (χ4v) is 3.29. The van der Waals surface area contributed by atoms with Gasteiger partial charge in [0.25, 0.3) is 0 Å². The van der Waals surface area contributed by atoms with Crippen LogP contribution in [-0.4, -0.2) is 23.3 Å². The molecule has 4 nitrogen and oxygen atoms in total. The minimum absolute atomic E-state index is 0.100. The van der Waals surface area contributed by atoms with Crippen molar-refractivity contribution in [3.8, 4) is 5.75 Å². The number of carbonyl (C=O) groups excluding carboxylic acids is 1. The van der Waals surface area contributed by atoms with E-state index in [4.69, 9.17) is 0 Å². The number of nitrogens with one attached hydrogen (secondary N) is 1. The van der Waals surface area contributed by atoms with Gasteiger partial charge in [0.05, 0.1) is 5.75 Å². The maximum absolute atomic E-state index is 12.7. The zero-order chi connectivity index (χ0) is 19.8. The van der Waals surface area contributed by atoms with E-state index in [1.165, 1.54) is 17.8 Å². The number of nitrogens with zero attached hydrogens (tertiary/aromatic N) is 1. The highest BCUT2D eigenvalue weighted by atomic mass is 32.2. The molecule has 0 spiro atoms. The summed E-state index contributed by atoms with van der Waals surface area (Å²) in [6.07, 6.45) is 3.74. The molecular weight excluding hydrogens is 382 g/mol. The summed E-state index contributed by atoms with van der Waals surface area (Å²) in [6, 6.07) is 17.8. The highest BCUT2D eigenvalue weighted by molar-refractivity contribution is 8.00. The van der Waals surface area contributed by atoms with Gasteiger partial charge in [0.15, 0.2) is 0 Å². The van der Waals surface area contributed by atoms with Gasteiger partial charge in [0.2, 0.25) is 5.91 Å². The van der Waals surface area contributed by atoms with E-state index in [0.29, 0.717) is 17.7 Å². The number of halogens is 2. The van der Waals surface area contributed by atoms with Crippen molar-refractivity contribution in [3.63, 3.8) is 0 Å². The number of hydrogen-bond donors (Lipinski definition) is 1. The Balaban J connectivity index is 1.70. The summed E-state index contributed by atoms with van der Waals surface area (Å²) in [4.78, 5) is 17.1. The molecule has 3 aromatic rings. The molecule has 1 aromatic heterocycles. The van der Waals surface area contributed by atoms with E-state index in [2.05, 4.69) is 15.0 Å². The highest BCUT2D eigenvalue weighted by Crippen LogP contribution is 2.27. The van der Waals surface area contributed by atoms with Gasteiger partial charge < -0.3 is 10.1 Å². The lowest BCUT2D eigenvalue weighted by molar-refractivity contribution is -0.113. The first-order valence-corrected chi connectivity index (χ1v) is 9.53. The Morgan fingerprint density at radius 3 is 2.54 bits per heavy atom. The average Bonchev–Trinajstić information content (AvgIpc) is 2.70. The van der Waals surface area contributed by atoms with E-state index in [-0.39, 0.29) is 17.4 Å². The fraction of sp³-hybridized carbons (Fsp3) is 0.143. The monoisotopic (exact) mass is 400 g/mol. The zero-order valence-electron chi connectivity index (χ0n) is 14.8. The molecule has 0 aliphatic carbocycles. The average molecular weight is 400 g/mol. The van der Waals surface area contributed by atoms with Crippen molar-refractivity contribution in [3.05, 3.63) is 84.2 Å². The summed E-state index contributed by atoms with van der Waals surface area (Å²) in [5.74, 6) is 0.144. The number of alkyl halides is 2. The van der Waals surface area contributed by atoms with Crippen molar-refractivity contribution in [2.24, 2.45) is 0 Å². The Labute approximate surface area is 166 Å². The van der Waals surface area contributed by atoms with Gasteiger partial charge in [-0.2, -0.15) is 8.78 Å². The maximum atomic E-state index is 12.7. The summed E-state index contributed by atoms with van der Waals surface area (Å²) in [7, 11) is 0. The SMILES string of the molecule is O=C(CSc1ccncc1)Nc1ccc(OC(F)F)c(Cc2ccccc2)c1. The number of carbonyl (C=O) groups is 1. The van der Waals surface area contributed by atoms with Gasteiger partial charge in [-0.3, -0.25) is 9.78 Å². The Morgan fingerprint density at radius 1 is 1.07 bits per heavy atom. The molecule has 28 heavy (non-hydrogen) atoms. The van der Waals surface area contributed by atoms with E-state index >= 15 is 0 Å². The molecule has 0 saturated heterocycles. The molecule has 1 amide bonds. The first-order valence-electron chi connectivity index (χ1n) is 8.54. The van der Waals surface area contributed by atoms with Crippen LogP contribution in [0.1, 0.15) is 11.1 Å². The normalized spacial score (nSPS) is 10.7. The van der Waals surface area contributed by atoms with Crippen molar-refractivity contribution in [2.75, 3.05) is 11.1 Å². The molecule has 7 heteroatoms. The van der Waals surface area contributed by atoms with Gasteiger partial charge in [0, 0.05) is 35.0 Å². The van der Waals surface area contributed by atoms with E-state index in [0.717, 1.165) is 10.5 Å². The smallest absolute Gasteiger partial charge is 0.387 e. The molecule has 3 rings (SSSR count). The molecule has 0 atom stereocenters. The first-order chi connectivity index (χ1) is 13.6. The number of ether oxygens (including phenoxy) is 1. The molecule has 1 heterocycles. The fourth-order valence-electron chi connectivity index (χ4n) is 2.60. The number of anilines is 1. The Hall–Kier alpha value is -2.93. The lowest BCUT2D eigenvalue weighted by atomic mass is 10.0. The number of pyridine rings is 1. The third-order valence-electron chi connectivity index (χ3n) is 3.82. The number of rotatable bonds is 8. The summed E-state index contributed by atoms with van der Waals surface area (Å²) < 4.78 is 30.1. The highest BCUT2D eigenvalue weighted by Gasteiger charge is 2.12. The molecule has 0 fully saturated rings. The Morgan fingerprint density at radius 2 is 1.82 bits per heavy atom. The van der Waals surface area contributed by atoms with E-state index in [1.54, 1.807) is 24.5 Å². The first kappa shape index (κ1) is 19.8. The lowest BCUT2D eigenvalue weighted by Gasteiger charge is -2.13. The van der Waals surface area contributed by atoms with Crippen molar-refractivity contribution >= 4 is 23.4 Å². The Kier molecular flexibility index (Phi) is 6.97. The van der Waals surface area contributed by atoms with Crippen LogP contribution in [0.2, 0.25) is 0 Å². The van der Waals surface area contributed by atoms with Crippen LogP contribution in [0.25, 0.3) is 0 Å². The summed E-state index contributed by atoms with van der Waals surface area (Å²) in [5.41, 5.74) is 2.07. The number of aromatic nitrogens is 1. The quantitative estimate of drug-likeness (QED) is 0.541. The minimum Gasteiger partial charge on any atom is -0.435 e. The van der Waals surface area contributed by atoms with Gasteiger partial charge in [-0.1, -0.05) is 30.3 Å². The van der Waals surface area contributed by atoms with Gasteiger partial charge in [-0.05, 0) is 35.9 Å². The van der Waals surface area contributed by atoms with Crippen LogP contribution >= 0.6 is 11.8 Å². The van der Waals surface area contributed by atoms with Crippen LogP contribution in [0.5, 0.6) is 5.75 Å². The van der Waals surface area contributed by atoms with E-state index < -0.39 is 6.61 Å². The number of amides is 1. The lowest BCUT2D eigenvalue weighted by Crippen LogP contribution is -2.14. The number of benzene rings is 2. The molecule has 0 aliphatic rings. The molecule has 0 unspecified atom stereocenters. The van der Waals surface area contributed by atoms with Crippen LogP contribution < -0.4 is 10.1 Å². The zero-order valence-corrected chi connectivity index (χ0v) is 15.7. The van der Waals surface area contributed by atoms with Crippen molar-refractivity contribution < 1.29 is 18.3 Å². The summed E-state index contributed by atoms with van der Waals surface area (Å²) in [6.45, 7) is -2.91. The van der Waals surface area contributed by atoms with Gasteiger partial charge >= 0.3 is 6.61 Å². The molecular formula is C21H18F2N2O2S. The maximum Gasteiger partial charge on any atom is 0.387 e. The third kappa shape index (κ3) is 6.06. The van der Waals surface area contributed by atoms with Gasteiger partial charge in [0.1, 0.15) is 5.75 Å².